The summed E-state index contributed by atoms with van der Waals surface area (Å²) < 4.78 is 68.1. The average Bonchev–Trinajstić information content (AvgIpc) is 2.61. The first kappa shape index (κ1) is 20.9. The Bertz CT molecular complexity index is 837. The van der Waals surface area contributed by atoms with Gasteiger partial charge in [0.05, 0.1) is 12.7 Å². The first-order chi connectivity index (χ1) is 12.7. The summed E-state index contributed by atoms with van der Waals surface area (Å²) in [6, 6.07) is 6.03. The Labute approximate surface area is 158 Å². The summed E-state index contributed by atoms with van der Waals surface area (Å²) >= 11 is 4.15. The number of carbonyl (C=O) groups excluding carboxylic acids is 1. The van der Waals surface area contributed by atoms with Gasteiger partial charge in [0, 0.05) is 17.4 Å². The summed E-state index contributed by atoms with van der Waals surface area (Å²) in [5.74, 6) is -1.23. The Morgan fingerprint density at radius 1 is 1.19 bits per heavy atom. The van der Waals surface area contributed by atoms with Gasteiger partial charge in [0.15, 0.2) is 0 Å². The third-order valence-electron chi connectivity index (χ3n) is 3.70. The Hall–Kier alpha value is -2.42. The minimum Gasteiger partial charge on any atom is -0.488 e. The number of benzene rings is 2. The van der Waals surface area contributed by atoms with Crippen LogP contribution in [0.15, 0.2) is 30.3 Å². The summed E-state index contributed by atoms with van der Waals surface area (Å²) in [7, 11) is 1.12. The number of ether oxygens (including phenoxy) is 3. The van der Waals surface area contributed by atoms with Crippen molar-refractivity contribution in [1.29, 1.82) is 0 Å². The first-order valence-corrected chi connectivity index (χ1v) is 8.28. The van der Waals surface area contributed by atoms with E-state index < -0.39 is 36.1 Å². The van der Waals surface area contributed by atoms with E-state index in [1.54, 1.807) is 12.1 Å². The van der Waals surface area contributed by atoms with Gasteiger partial charge in [-0.2, -0.15) is 25.8 Å². The number of rotatable bonds is 5. The van der Waals surface area contributed by atoms with Gasteiger partial charge in [0.2, 0.25) is 0 Å². The molecule has 0 aliphatic rings. The van der Waals surface area contributed by atoms with Crippen molar-refractivity contribution in [3.8, 4) is 11.5 Å². The van der Waals surface area contributed by atoms with Gasteiger partial charge < -0.3 is 14.2 Å². The lowest BCUT2D eigenvalue weighted by Gasteiger charge is -2.17. The van der Waals surface area contributed by atoms with Crippen LogP contribution in [0.2, 0.25) is 0 Å². The monoisotopic (exact) mass is 404 g/mol. The van der Waals surface area contributed by atoms with Crippen molar-refractivity contribution in [3.05, 3.63) is 58.4 Å². The normalized spacial score (nSPS) is 11.2. The molecule has 4 nitrogen and oxygen atoms in total. The van der Waals surface area contributed by atoms with Crippen LogP contribution in [0.3, 0.4) is 0 Å². The Morgan fingerprint density at radius 2 is 1.89 bits per heavy atom. The zero-order chi connectivity index (χ0) is 20.2. The van der Waals surface area contributed by atoms with Crippen LogP contribution in [0, 0.1) is 12.7 Å². The predicted molar refractivity (Wildman–Crippen MR) is 92.6 cm³/mol. The van der Waals surface area contributed by atoms with Crippen molar-refractivity contribution >= 4 is 18.8 Å². The summed E-state index contributed by atoms with van der Waals surface area (Å²) in [4.78, 5) is 11.4. The van der Waals surface area contributed by atoms with E-state index in [0.29, 0.717) is 23.3 Å². The third kappa shape index (κ3) is 5.06. The number of thiol groups is 1. The maximum atomic E-state index is 13.8. The topological polar surface area (TPSA) is 44.8 Å². The fourth-order valence-electron chi connectivity index (χ4n) is 2.30. The smallest absolute Gasteiger partial charge is 0.488 e. The van der Waals surface area contributed by atoms with Crippen molar-refractivity contribution in [3.63, 3.8) is 0 Å². The lowest BCUT2D eigenvalue weighted by Crippen LogP contribution is -2.13. The summed E-state index contributed by atoms with van der Waals surface area (Å²) in [5.41, 5.74) is -0.381. The fraction of sp³-hybridized carbons (Fsp3) is 0.278. The highest BCUT2D eigenvalue weighted by Gasteiger charge is 2.35. The quantitative estimate of drug-likeness (QED) is 0.318. The molecule has 0 aromatic heterocycles. The van der Waals surface area contributed by atoms with Crippen LogP contribution in [0.25, 0.3) is 0 Å². The highest BCUT2D eigenvalue weighted by atomic mass is 32.1. The van der Waals surface area contributed by atoms with Crippen LogP contribution in [0.1, 0.15) is 22.3 Å². The van der Waals surface area contributed by atoms with Crippen molar-refractivity contribution in [2.75, 3.05) is 7.11 Å². The number of aryl methyl sites for hydroxylation is 1. The minimum atomic E-state index is -4.72. The van der Waals surface area contributed by atoms with E-state index in [-0.39, 0.29) is 17.1 Å². The lowest BCUT2D eigenvalue weighted by molar-refractivity contribution is -0.139. The number of hydrogen-bond donors (Lipinski definition) is 1. The lowest BCUT2D eigenvalue weighted by atomic mass is 10.1. The molecule has 146 valence electrons. The molecule has 0 bridgehead atoms. The molecular weight excluding hydrogens is 388 g/mol. The zero-order valence-corrected chi connectivity index (χ0v) is 15.3. The molecule has 0 radical (unpaired) electrons. The van der Waals surface area contributed by atoms with Crippen LogP contribution in [-0.4, -0.2) is 13.3 Å². The number of halogens is 4. The summed E-state index contributed by atoms with van der Waals surface area (Å²) in [6.45, 7) is 0.835. The average molecular weight is 404 g/mol. The van der Waals surface area contributed by atoms with E-state index in [0.717, 1.165) is 7.11 Å². The van der Waals surface area contributed by atoms with Crippen molar-refractivity contribution in [2.45, 2.75) is 25.5 Å². The largest absolute Gasteiger partial charge is 0.513 e. The number of hydrogen-bond acceptors (Lipinski definition) is 5. The van der Waals surface area contributed by atoms with E-state index in [2.05, 4.69) is 17.4 Å². The van der Waals surface area contributed by atoms with Crippen LogP contribution >= 0.6 is 12.6 Å². The molecule has 0 saturated heterocycles. The Morgan fingerprint density at radius 3 is 2.48 bits per heavy atom. The number of alkyl halides is 3. The highest BCUT2D eigenvalue weighted by Crippen LogP contribution is 2.38. The molecule has 9 heteroatoms. The zero-order valence-electron chi connectivity index (χ0n) is 14.4. The first-order valence-electron chi connectivity index (χ1n) is 7.65. The molecule has 0 unspecified atom stereocenters. The van der Waals surface area contributed by atoms with Gasteiger partial charge in [0.25, 0.3) is 0 Å². The number of methoxy groups -OCH3 is 1. The Kier molecular flexibility index (Phi) is 6.59. The molecule has 0 fully saturated rings. The molecular formula is C18H16F4O4S. The van der Waals surface area contributed by atoms with E-state index in [1.807, 2.05) is 0 Å². The van der Waals surface area contributed by atoms with Crippen LogP contribution in [-0.2, 0) is 23.3 Å². The molecule has 0 atom stereocenters. The predicted octanol–water partition coefficient (Wildman–Crippen LogP) is 5.31. The van der Waals surface area contributed by atoms with Crippen LogP contribution in [0.5, 0.6) is 11.5 Å². The van der Waals surface area contributed by atoms with Gasteiger partial charge in [-0.15, -0.1) is 0 Å². The van der Waals surface area contributed by atoms with Crippen molar-refractivity contribution < 1.29 is 36.6 Å². The molecule has 0 aliphatic heterocycles. The van der Waals surface area contributed by atoms with Crippen molar-refractivity contribution in [1.82, 2.24) is 0 Å². The van der Waals surface area contributed by atoms with Gasteiger partial charge in [-0.25, -0.2) is 9.18 Å². The van der Waals surface area contributed by atoms with Gasteiger partial charge >= 0.3 is 12.3 Å². The second-order valence-corrected chi connectivity index (χ2v) is 5.81. The molecule has 0 heterocycles. The van der Waals surface area contributed by atoms with E-state index in [4.69, 9.17) is 9.47 Å². The SMILES string of the molecule is COC(=O)Oc1cccc(CS)c1COc1cc(F)c(C)cc1C(F)(F)F. The fourth-order valence-corrected chi connectivity index (χ4v) is 2.60. The summed E-state index contributed by atoms with van der Waals surface area (Å²) in [5, 5.41) is 0. The van der Waals surface area contributed by atoms with Crippen molar-refractivity contribution in [2.24, 2.45) is 0 Å². The molecule has 2 rings (SSSR count). The van der Waals surface area contributed by atoms with Crippen LogP contribution < -0.4 is 9.47 Å². The molecule has 0 amide bonds. The van der Waals surface area contributed by atoms with Crippen LogP contribution in [0.4, 0.5) is 22.4 Å². The molecule has 2 aromatic rings. The second kappa shape index (κ2) is 8.51. The number of carbonyl (C=O) groups is 1. The third-order valence-corrected chi connectivity index (χ3v) is 4.04. The van der Waals surface area contributed by atoms with E-state index in [1.165, 1.54) is 13.0 Å². The van der Waals surface area contributed by atoms with E-state index >= 15 is 0 Å². The molecule has 2 aromatic carbocycles. The Balaban J connectivity index is 2.39. The maximum Gasteiger partial charge on any atom is 0.513 e. The van der Waals surface area contributed by atoms with Gasteiger partial charge in [-0.3, -0.25) is 0 Å². The molecule has 0 spiro atoms. The van der Waals surface area contributed by atoms with E-state index in [9.17, 15) is 22.4 Å². The molecule has 0 aliphatic carbocycles. The summed E-state index contributed by atoms with van der Waals surface area (Å²) in [6.07, 6.45) is -5.72. The molecule has 0 N–H and O–H groups in total. The standard InChI is InChI=1S/C18H16F4O4S/c1-10-6-13(18(20,21)22)16(7-14(10)19)25-8-12-11(9-27)4-3-5-15(12)26-17(23)24-2/h3-7,27H,8-9H2,1-2H3. The van der Waals surface area contributed by atoms with Gasteiger partial charge in [-0.05, 0) is 30.2 Å². The minimum absolute atomic E-state index is 0.0505. The molecule has 0 saturated carbocycles. The maximum absolute atomic E-state index is 13.8. The molecule has 27 heavy (non-hydrogen) atoms. The highest BCUT2D eigenvalue weighted by molar-refractivity contribution is 7.79. The van der Waals surface area contributed by atoms with Gasteiger partial charge in [0.1, 0.15) is 23.9 Å². The second-order valence-electron chi connectivity index (χ2n) is 5.49. The van der Waals surface area contributed by atoms with Gasteiger partial charge in [-0.1, -0.05) is 12.1 Å².